The second-order valence-corrected chi connectivity index (χ2v) is 6.85. The van der Waals surface area contributed by atoms with Gasteiger partial charge in [0, 0.05) is 37.8 Å². The predicted octanol–water partition coefficient (Wildman–Crippen LogP) is 3.11. The van der Waals surface area contributed by atoms with E-state index < -0.39 is 5.97 Å². The lowest BCUT2D eigenvalue weighted by molar-refractivity contribution is -0.137. The van der Waals surface area contributed by atoms with Crippen LogP contribution in [0.5, 0.6) is 0 Å². The number of fused-ring (bicyclic) bond motifs is 1. The van der Waals surface area contributed by atoms with Crippen molar-refractivity contribution in [2.75, 3.05) is 25.0 Å². The van der Waals surface area contributed by atoms with E-state index in [4.69, 9.17) is 9.52 Å². The first-order valence-electron chi connectivity index (χ1n) is 9.44. The fourth-order valence-corrected chi connectivity index (χ4v) is 3.48. The van der Waals surface area contributed by atoms with Crippen LogP contribution in [0.1, 0.15) is 36.0 Å². The van der Waals surface area contributed by atoms with Crippen LogP contribution in [-0.2, 0) is 4.79 Å². The van der Waals surface area contributed by atoms with Crippen LogP contribution in [0, 0.1) is 0 Å². The van der Waals surface area contributed by atoms with E-state index >= 15 is 0 Å². The number of furan rings is 1. The molecule has 1 saturated heterocycles. The Morgan fingerprint density at radius 1 is 1.25 bits per heavy atom. The van der Waals surface area contributed by atoms with Crippen LogP contribution in [-0.4, -0.2) is 50.9 Å². The Labute approximate surface area is 161 Å². The summed E-state index contributed by atoms with van der Waals surface area (Å²) in [5.74, 6) is 0.530. The molecule has 8 nitrogen and oxygen atoms in total. The molecule has 4 heterocycles. The molecule has 8 heteroatoms. The molecule has 0 bridgehead atoms. The zero-order valence-electron chi connectivity index (χ0n) is 15.4. The Balaban J connectivity index is 1.66. The van der Waals surface area contributed by atoms with Crippen molar-refractivity contribution in [2.24, 2.45) is 0 Å². The maximum atomic E-state index is 12.7. The summed E-state index contributed by atoms with van der Waals surface area (Å²) in [5.41, 5.74) is 1.88. The number of amides is 1. The summed E-state index contributed by atoms with van der Waals surface area (Å²) in [6.07, 6.45) is 6.07. The molecule has 0 atom stereocenters. The monoisotopic (exact) mass is 382 g/mol. The van der Waals surface area contributed by atoms with E-state index in [1.165, 1.54) is 0 Å². The van der Waals surface area contributed by atoms with Crippen LogP contribution in [0.15, 0.2) is 41.1 Å². The van der Waals surface area contributed by atoms with Gasteiger partial charge in [-0.3, -0.25) is 14.0 Å². The van der Waals surface area contributed by atoms with E-state index in [0.717, 1.165) is 31.7 Å². The van der Waals surface area contributed by atoms with Crippen molar-refractivity contribution in [3.8, 4) is 11.5 Å². The Morgan fingerprint density at radius 3 is 2.79 bits per heavy atom. The summed E-state index contributed by atoms with van der Waals surface area (Å²) >= 11 is 0. The Hall–Kier alpha value is -3.29. The number of pyridine rings is 1. The van der Waals surface area contributed by atoms with Crippen LogP contribution in [0.2, 0.25) is 0 Å². The van der Waals surface area contributed by atoms with Crippen molar-refractivity contribution >= 4 is 23.3 Å². The van der Waals surface area contributed by atoms with Gasteiger partial charge in [-0.25, -0.2) is 4.98 Å². The van der Waals surface area contributed by atoms with Crippen LogP contribution >= 0.6 is 0 Å². The number of hydrogen-bond donors (Lipinski definition) is 2. The van der Waals surface area contributed by atoms with Gasteiger partial charge in [0.1, 0.15) is 17.2 Å². The fraction of sp³-hybridized carbons (Fsp3) is 0.350. The molecule has 0 spiro atoms. The molecule has 2 N–H and O–H groups in total. The molecule has 1 aliphatic heterocycles. The molecule has 1 fully saturated rings. The number of likely N-dealkylation sites (tertiary alicyclic amines) is 1. The van der Waals surface area contributed by atoms with E-state index in [1.807, 2.05) is 21.6 Å². The zero-order chi connectivity index (χ0) is 19.5. The van der Waals surface area contributed by atoms with Crippen LogP contribution in [0.25, 0.3) is 17.1 Å². The van der Waals surface area contributed by atoms with Crippen molar-refractivity contribution in [3.05, 3.63) is 42.3 Å². The molecule has 3 aromatic heterocycles. The van der Waals surface area contributed by atoms with Gasteiger partial charge >= 0.3 is 5.97 Å². The van der Waals surface area contributed by atoms with Crippen LogP contribution in [0.3, 0.4) is 0 Å². The van der Waals surface area contributed by atoms with Gasteiger partial charge in [0.25, 0.3) is 5.91 Å². The third-order valence-electron chi connectivity index (χ3n) is 4.88. The lowest BCUT2D eigenvalue weighted by Gasteiger charge is -2.15. The highest BCUT2D eigenvalue weighted by Gasteiger charge is 2.22. The SMILES string of the molecule is O=C(O)CCCNc1c(-c2ccco2)nc2cc(C(=O)N3CCCC3)ccn12. The normalized spacial score (nSPS) is 13.9. The minimum absolute atomic E-state index is 0.0264. The standard InChI is InChI=1S/C20H22N4O4/c25-17(26)6-3-8-21-19-18(15-5-4-12-28-15)22-16-13-14(7-11-24(16)19)20(27)23-9-1-2-10-23/h4-5,7,11-13,21H,1-3,6,8-10H2,(H,25,26). The van der Waals surface area contributed by atoms with Gasteiger partial charge < -0.3 is 19.7 Å². The highest BCUT2D eigenvalue weighted by molar-refractivity contribution is 5.95. The topological polar surface area (TPSA) is 100 Å². The van der Waals surface area contributed by atoms with Crippen molar-refractivity contribution < 1.29 is 19.1 Å². The largest absolute Gasteiger partial charge is 0.481 e. The van der Waals surface area contributed by atoms with E-state index in [-0.39, 0.29) is 12.3 Å². The number of nitrogens with zero attached hydrogens (tertiary/aromatic N) is 3. The number of carbonyl (C=O) groups is 2. The van der Waals surface area contributed by atoms with Gasteiger partial charge in [-0.15, -0.1) is 0 Å². The van der Waals surface area contributed by atoms with Crippen LogP contribution in [0.4, 0.5) is 5.82 Å². The summed E-state index contributed by atoms with van der Waals surface area (Å²) in [5, 5.41) is 12.1. The molecule has 3 aromatic rings. The smallest absolute Gasteiger partial charge is 0.303 e. The number of imidazole rings is 1. The Bertz CT molecular complexity index is 987. The van der Waals surface area contributed by atoms with Gasteiger partial charge in [0.2, 0.25) is 0 Å². The molecule has 0 aromatic carbocycles. The first-order chi connectivity index (χ1) is 13.6. The summed E-state index contributed by atoms with van der Waals surface area (Å²) in [6.45, 7) is 2.08. The summed E-state index contributed by atoms with van der Waals surface area (Å²) < 4.78 is 7.37. The number of carbonyl (C=O) groups excluding carboxylic acids is 1. The Kier molecular flexibility index (Phi) is 5.01. The number of rotatable bonds is 7. The molecule has 0 unspecified atom stereocenters. The molecule has 146 valence electrons. The maximum Gasteiger partial charge on any atom is 0.303 e. The number of aromatic nitrogens is 2. The molecular formula is C20H22N4O4. The number of nitrogens with one attached hydrogen (secondary N) is 1. The number of carboxylic acid groups (broad SMARTS) is 1. The van der Waals surface area contributed by atoms with E-state index in [9.17, 15) is 9.59 Å². The lowest BCUT2D eigenvalue weighted by atomic mass is 10.2. The second-order valence-electron chi connectivity index (χ2n) is 6.85. The molecule has 0 saturated carbocycles. The lowest BCUT2D eigenvalue weighted by Crippen LogP contribution is -2.27. The maximum absolute atomic E-state index is 12.7. The first kappa shape index (κ1) is 18.1. The molecule has 0 radical (unpaired) electrons. The van der Waals surface area contributed by atoms with Gasteiger partial charge in [0.15, 0.2) is 5.76 Å². The van der Waals surface area contributed by atoms with Crippen LogP contribution < -0.4 is 5.32 Å². The number of carboxylic acids is 1. The number of hydrogen-bond acceptors (Lipinski definition) is 5. The van der Waals surface area contributed by atoms with E-state index in [2.05, 4.69) is 10.3 Å². The molecule has 1 amide bonds. The predicted molar refractivity (Wildman–Crippen MR) is 103 cm³/mol. The first-order valence-corrected chi connectivity index (χ1v) is 9.44. The van der Waals surface area contributed by atoms with Crippen molar-refractivity contribution in [1.82, 2.24) is 14.3 Å². The number of aliphatic carboxylic acids is 1. The molecule has 1 aliphatic rings. The highest BCUT2D eigenvalue weighted by Crippen LogP contribution is 2.29. The third-order valence-corrected chi connectivity index (χ3v) is 4.88. The van der Waals surface area contributed by atoms with Gasteiger partial charge in [-0.2, -0.15) is 0 Å². The van der Waals surface area contributed by atoms with Crippen molar-refractivity contribution in [2.45, 2.75) is 25.7 Å². The summed E-state index contributed by atoms with van der Waals surface area (Å²) in [4.78, 5) is 30.0. The van der Waals surface area contributed by atoms with Crippen molar-refractivity contribution in [1.29, 1.82) is 0 Å². The Morgan fingerprint density at radius 2 is 2.07 bits per heavy atom. The minimum atomic E-state index is -0.823. The van der Waals surface area contributed by atoms with Gasteiger partial charge in [-0.1, -0.05) is 0 Å². The van der Waals surface area contributed by atoms with E-state index in [1.54, 1.807) is 24.5 Å². The molecule has 28 heavy (non-hydrogen) atoms. The second kappa shape index (κ2) is 7.75. The third kappa shape index (κ3) is 3.58. The molecule has 0 aliphatic carbocycles. The summed E-state index contributed by atoms with van der Waals surface area (Å²) in [6, 6.07) is 7.19. The average Bonchev–Trinajstić information content (AvgIpc) is 3.44. The van der Waals surface area contributed by atoms with E-state index in [0.29, 0.717) is 35.6 Å². The zero-order valence-corrected chi connectivity index (χ0v) is 15.4. The highest BCUT2D eigenvalue weighted by atomic mass is 16.4. The number of anilines is 1. The molecule has 4 rings (SSSR count). The summed E-state index contributed by atoms with van der Waals surface area (Å²) in [7, 11) is 0. The minimum Gasteiger partial charge on any atom is -0.481 e. The van der Waals surface area contributed by atoms with Gasteiger partial charge in [0.05, 0.1) is 6.26 Å². The van der Waals surface area contributed by atoms with Gasteiger partial charge in [-0.05, 0) is 43.5 Å². The quantitative estimate of drug-likeness (QED) is 0.609. The average molecular weight is 382 g/mol. The fourth-order valence-electron chi connectivity index (χ4n) is 3.48. The van der Waals surface area contributed by atoms with Crippen molar-refractivity contribution in [3.63, 3.8) is 0 Å². The molecular weight excluding hydrogens is 360 g/mol.